The van der Waals surface area contributed by atoms with Crippen molar-refractivity contribution < 1.29 is 0 Å². The van der Waals surface area contributed by atoms with Gasteiger partial charge in [-0.25, -0.2) is 0 Å². The predicted octanol–water partition coefficient (Wildman–Crippen LogP) is 5.67. The second-order valence-corrected chi connectivity index (χ2v) is 6.87. The van der Waals surface area contributed by atoms with Crippen LogP contribution in [0.3, 0.4) is 0 Å². The van der Waals surface area contributed by atoms with Gasteiger partial charge in [-0.2, -0.15) is 0 Å². The molecule has 1 fully saturated rings. The minimum atomic E-state index is 0.606. The van der Waals surface area contributed by atoms with Gasteiger partial charge in [0, 0.05) is 0 Å². The fourth-order valence-electron chi connectivity index (χ4n) is 3.62. The Kier molecular flexibility index (Phi) is 5.34. The summed E-state index contributed by atoms with van der Waals surface area (Å²) in [4.78, 5) is 0. The molecule has 1 rings (SSSR count). The smallest absolute Gasteiger partial charge is 0.0295 e. The molecule has 0 radical (unpaired) electrons. The Bertz CT molecular complexity index is 192. The van der Waals surface area contributed by atoms with Gasteiger partial charge in [0.2, 0.25) is 0 Å². The van der Waals surface area contributed by atoms with Crippen LogP contribution in [0.25, 0.3) is 0 Å². The Morgan fingerprint density at radius 1 is 1.19 bits per heavy atom. The van der Waals surface area contributed by atoms with Crippen LogP contribution in [0.2, 0.25) is 0 Å². The third-order valence-corrected chi connectivity index (χ3v) is 5.10. The third-order valence-electron chi connectivity index (χ3n) is 5.10. The first-order chi connectivity index (χ1) is 7.48. The average molecular weight is 224 g/mol. The van der Waals surface area contributed by atoms with Crippen LogP contribution in [0.1, 0.15) is 79.6 Å². The SMILES string of the molecule is CCC(C)CC1(C)CC(C)CCCCC1C. The second-order valence-electron chi connectivity index (χ2n) is 6.87. The van der Waals surface area contributed by atoms with Gasteiger partial charge >= 0.3 is 0 Å². The zero-order valence-corrected chi connectivity index (χ0v) is 12.2. The Hall–Kier alpha value is 0. The van der Waals surface area contributed by atoms with E-state index in [0.717, 1.165) is 17.8 Å². The van der Waals surface area contributed by atoms with Crippen molar-refractivity contribution in [2.24, 2.45) is 23.2 Å². The van der Waals surface area contributed by atoms with E-state index in [2.05, 4.69) is 34.6 Å². The minimum absolute atomic E-state index is 0.606. The lowest BCUT2D eigenvalue weighted by Gasteiger charge is -2.41. The van der Waals surface area contributed by atoms with Crippen LogP contribution < -0.4 is 0 Å². The van der Waals surface area contributed by atoms with Gasteiger partial charge in [0.15, 0.2) is 0 Å². The van der Waals surface area contributed by atoms with Gasteiger partial charge in [-0.15, -0.1) is 0 Å². The summed E-state index contributed by atoms with van der Waals surface area (Å²) < 4.78 is 0. The molecule has 0 heterocycles. The molecule has 0 heteroatoms. The van der Waals surface area contributed by atoms with E-state index in [1.54, 1.807) is 0 Å². The van der Waals surface area contributed by atoms with Crippen molar-refractivity contribution >= 4 is 0 Å². The van der Waals surface area contributed by atoms with Crippen LogP contribution in [0, 0.1) is 23.2 Å². The molecule has 1 aliphatic carbocycles. The van der Waals surface area contributed by atoms with E-state index >= 15 is 0 Å². The molecule has 0 aromatic heterocycles. The molecular weight excluding hydrogens is 192 g/mol. The highest BCUT2D eigenvalue weighted by Crippen LogP contribution is 2.45. The molecule has 1 saturated carbocycles. The van der Waals surface area contributed by atoms with Crippen molar-refractivity contribution in [3.05, 3.63) is 0 Å². The predicted molar refractivity (Wildman–Crippen MR) is 73.6 cm³/mol. The van der Waals surface area contributed by atoms with Gasteiger partial charge in [0.05, 0.1) is 0 Å². The Morgan fingerprint density at radius 2 is 1.81 bits per heavy atom. The summed E-state index contributed by atoms with van der Waals surface area (Å²) in [7, 11) is 0. The van der Waals surface area contributed by atoms with Gasteiger partial charge in [0.1, 0.15) is 0 Å². The van der Waals surface area contributed by atoms with Gasteiger partial charge in [0.25, 0.3) is 0 Å². The van der Waals surface area contributed by atoms with Gasteiger partial charge in [-0.05, 0) is 36.0 Å². The second kappa shape index (κ2) is 6.07. The van der Waals surface area contributed by atoms with E-state index in [-0.39, 0.29) is 0 Å². The summed E-state index contributed by atoms with van der Waals surface area (Å²) in [5.41, 5.74) is 0.606. The molecule has 16 heavy (non-hydrogen) atoms. The number of hydrogen-bond acceptors (Lipinski definition) is 0. The van der Waals surface area contributed by atoms with Crippen LogP contribution in [0.5, 0.6) is 0 Å². The first-order valence-corrected chi connectivity index (χ1v) is 7.48. The first kappa shape index (κ1) is 14.1. The summed E-state index contributed by atoms with van der Waals surface area (Å²) in [5.74, 6) is 2.76. The van der Waals surface area contributed by atoms with Crippen LogP contribution in [0.15, 0.2) is 0 Å². The Balaban J connectivity index is 2.68. The molecular formula is C16H32. The van der Waals surface area contributed by atoms with E-state index in [1.165, 1.54) is 44.9 Å². The maximum Gasteiger partial charge on any atom is -0.0295 e. The maximum atomic E-state index is 2.56. The van der Waals surface area contributed by atoms with E-state index < -0.39 is 0 Å². The summed E-state index contributed by atoms with van der Waals surface area (Å²) in [6.45, 7) is 12.3. The molecule has 0 aromatic carbocycles. The van der Waals surface area contributed by atoms with Crippen LogP contribution in [0.4, 0.5) is 0 Å². The molecule has 0 bridgehead atoms. The van der Waals surface area contributed by atoms with Gasteiger partial charge in [-0.1, -0.05) is 66.7 Å². The third kappa shape index (κ3) is 3.79. The monoisotopic (exact) mass is 224 g/mol. The summed E-state index contributed by atoms with van der Waals surface area (Å²) >= 11 is 0. The minimum Gasteiger partial charge on any atom is -0.0651 e. The molecule has 0 aliphatic heterocycles. The molecule has 0 aromatic rings. The quantitative estimate of drug-likeness (QED) is 0.580. The van der Waals surface area contributed by atoms with Crippen molar-refractivity contribution in [2.45, 2.75) is 79.6 Å². The molecule has 0 spiro atoms. The molecule has 0 nitrogen and oxygen atoms in total. The molecule has 1 aliphatic rings. The fourth-order valence-corrected chi connectivity index (χ4v) is 3.62. The van der Waals surface area contributed by atoms with Crippen LogP contribution >= 0.6 is 0 Å². The van der Waals surface area contributed by atoms with Gasteiger partial charge in [-0.3, -0.25) is 0 Å². The lowest BCUT2D eigenvalue weighted by atomic mass is 9.64. The van der Waals surface area contributed by atoms with E-state index in [9.17, 15) is 0 Å². The fraction of sp³-hybridized carbons (Fsp3) is 1.00. The van der Waals surface area contributed by atoms with E-state index in [0.29, 0.717) is 5.41 Å². The van der Waals surface area contributed by atoms with Crippen LogP contribution in [-0.2, 0) is 0 Å². The van der Waals surface area contributed by atoms with E-state index in [4.69, 9.17) is 0 Å². The zero-order chi connectivity index (χ0) is 12.2. The van der Waals surface area contributed by atoms with Crippen molar-refractivity contribution in [2.75, 3.05) is 0 Å². The average Bonchev–Trinajstić information content (AvgIpc) is 2.22. The topological polar surface area (TPSA) is 0 Å². The highest BCUT2D eigenvalue weighted by molar-refractivity contribution is 4.85. The van der Waals surface area contributed by atoms with Crippen molar-refractivity contribution in [1.82, 2.24) is 0 Å². The standard InChI is InChI=1S/C16H32/c1-6-13(2)11-16(5)12-14(3)9-7-8-10-15(16)4/h13-15H,6-12H2,1-5H3. The summed E-state index contributed by atoms with van der Waals surface area (Å²) in [6.07, 6.45) is 10.1. The van der Waals surface area contributed by atoms with Crippen molar-refractivity contribution in [3.63, 3.8) is 0 Å². The Morgan fingerprint density at radius 3 is 2.44 bits per heavy atom. The van der Waals surface area contributed by atoms with Crippen LogP contribution in [-0.4, -0.2) is 0 Å². The normalized spacial score (nSPS) is 38.8. The largest absolute Gasteiger partial charge is 0.0651 e. The Labute approximate surface area is 103 Å². The highest BCUT2D eigenvalue weighted by atomic mass is 14.4. The zero-order valence-electron chi connectivity index (χ0n) is 12.2. The summed E-state index contributed by atoms with van der Waals surface area (Å²) in [6, 6.07) is 0. The highest BCUT2D eigenvalue weighted by Gasteiger charge is 2.34. The molecule has 0 amide bonds. The molecule has 0 N–H and O–H groups in total. The molecule has 4 unspecified atom stereocenters. The van der Waals surface area contributed by atoms with Crippen molar-refractivity contribution in [1.29, 1.82) is 0 Å². The first-order valence-electron chi connectivity index (χ1n) is 7.48. The van der Waals surface area contributed by atoms with Gasteiger partial charge < -0.3 is 0 Å². The lowest BCUT2D eigenvalue weighted by Crippen LogP contribution is -2.31. The maximum absolute atomic E-state index is 2.56. The number of hydrogen-bond donors (Lipinski definition) is 0. The molecule has 96 valence electrons. The van der Waals surface area contributed by atoms with Crippen molar-refractivity contribution in [3.8, 4) is 0 Å². The lowest BCUT2D eigenvalue weighted by molar-refractivity contribution is 0.0929. The molecule has 0 saturated heterocycles. The number of rotatable bonds is 3. The van der Waals surface area contributed by atoms with E-state index in [1.807, 2.05) is 0 Å². The summed E-state index contributed by atoms with van der Waals surface area (Å²) in [5, 5.41) is 0. The molecule has 4 atom stereocenters.